The smallest absolute Gasteiger partial charge is 0.278 e. The maximum atomic E-state index is 13.0. The fraction of sp³-hybridized carbons (Fsp3) is 0.333. The van der Waals surface area contributed by atoms with Gasteiger partial charge >= 0.3 is 0 Å². The number of aromatic nitrogens is 2. The van der Waals surface area contributed by atoms with E-state index in [9.17, 15) is 22.7 Å². The van der Waals surface area contributed by atoms with Crippen LogP contribution in [0.15, 0.2) is 30.5 Å². The van der Waals surface area contributed by atoms with Crippen molar-refractivity contribution in [1.82, 2.24) is 14.7 Å². The van der Waals surface area contributed by atoms with E-state index in [0.29, 0.717) is 12.1 Å². The number of benzene rings is 1. The molecule has 0 aliphatic carbocycles. The number of nitrogens with zero attached hydrogens (tertiary/aromatic N) is 3. The number of aromatic hydroxyl groups is 1. The Morgan fingerprint density at radius 2 is 2.04 bits per heavy atom. The SMILES string of the molecule is CN(C(=O)c1nn(-c2ccc(F)cc2)cc1O)C1CCS(=O)(=O)C1. The van der Waals surface area contributed by atoms with Gasteiger partial charge in [0.25, 0.3) is 5.91 Å². The minimum Gasteiger partial charge on any atom is -0.504 e. The molecule has 7 nitrogen and oxygen atoms in total. The summed E-state index contributed by atoms with van der Waals surface area (Å²) in [6.45, 7) is 0. The van der Waals surface area contributed by atoms with E-state index in [2.05, 4.69) is 5.10 Å². The van der Waals surface area contributed by atoms with Crippen LogP contribution in [0.4, 0.5) is 4.39 Å². The number of hydrogen-bond acceptors (Lipinski definition) is 5. The van der Waals surface area contributed by atoms with Crippen LogP contribution in [0, 0.1) is 5.82 Å². The monoisotopic (exact) mass is 353 g/mol. The lowest BCUT2D eigenvalue weighted by atomic mass is 10.2. The first kappa shape index (κ1) is 16.4. The molecule has 1 aliphatic rings. The van der Waals surface area contributed by atoms with Crippen LogP contribution in [0.5, 0.6) is 5.75 Å². The Morgan fingerprint density at radius 1 is 1.38 bits per heavy atom. The zero-order chi connectivity index (χ0) is 17.5. The predicted molar refractivity (Wildman–Crippen MR) is 84.3 cm³/mol. The van der Waals surface area contributed by atoms with Crippen molar-refractivity contribution in [3.63, 3.8) is 0 Å². The van der Waals surface area contributed by atoms with E-state index in [-0.39, 0.29) is 22.9 Å². The maximum absolute atomic E-state index is 13.0. The molecule has 1 aliphatic heterocycles. The molecule has 0 spiro atoms. The van der Waals surface area contributed by atoms with Crippen LogP contribution in [0.25, 0.3) is 5.69 Å². The van der Waals surface area contributed by atoms with E-state index in [0.717, 1.165) is 0 Å². The van der Waals surface area contributed by atoms with Crippen molar-refractivity contribution in [2.75, 3.05) is 18.6 Å². The Bertz CT molecular complexity index is 877. The number of carbonyl (C=O) groups is 1. The molecular formula is C15H16FN3O4S. The summed E-state index contributed by atoms with van der Waals surface area (Å²) in [7, 11) is -1.64. The Balaban J connectivity index is 1.84. The van der Waals surface area contributed by atoms with Gasteiger partial charge in [0.2, 0.25) is 0 Å². The molecule has 0 bridgehead atoms. The van der Waals surface area contributed by atoms with Crippen molar-refractivity contribution >= 4 is 15.7 Å². The third-order valence-electron chi connectivity index (χ3n) is 4.07. The first-order valence-corrected chi connectivity index (χ1v) is 9.11. The number of amides is 1. The van der Waals surface area contributed by atoms with E-state index in [4.69, 9.17) is 0 Å². The molecule has 2 aromatic rings. The van der Waals surface area contributed by atoms with Crippen molar-refractivity contribution < 1.29 is 22.7 Å². The molecule has 1 unspecified atom stereocenters. The summed E-state index contributed by atoms with van der Waals surface area (Å²) in [6, 6.07) is 4.97. The lowest BCUT2D eigenvalue weighted by molar-refractivity contribution is 0.0738. The number of halogens is 1. The quantitative estimate of drug-likeness (QED) is 0.888. The molecular weight excluding hydrogens is 337 g/mol. The van der Waals surface area contributed by atoms with Crippen LogP contribution < -0.4 is 0 Å². The van der Waals surface area contributed by atoms with Crippen molar-refractivity contribution in [2.24, 2.45) is 0 Å². The van der Waals surface area contributed by atoms with Gasteiger partial charge in [0.05, 0.1) is 23.4 Å². The van der Waals surface area contributed by atoms with Gasteiger partial charge in [0.15, 0.2) is 21.3 Å². The summed E-state index contributed by atoms with van der Waals surface area (Å²) in [4.78, 5) is 13.8. The van der Waals surface area contributed by atoms with Gasteiger partial charge in [-0.25, -0.2) is 17.5 Å². The van der Waals surface area contributed by atoms with Crippen LogP contribution in [-0.2, 0) is 9.84 Å². The van der Waals surface area contributed by atoms with Gasteiger partial charge in [0, 0.05) is 13.1 Å². The van der Waals surface area contributed by atoms with E-state index < -0.39 is 27.6 Å². The molecule has 0 saturated carbocycles. The van der Waals surface area contributed by atoms with Crippen LogP contribution in [0.2, 0.25) is 0 Å². The third kappa shape index (κ3) is 3.12. The largest absolute Gasteiger partial charge is 0.504 e. The molecule has 128 valence electrons. The molecule has 1 amide bonds. The van der Waals surface area contributed by atoms with Crippen LogP contribution in [0.3, 0.4) is 0 Å². The van der Waals surface area contributed by atoms with E-state index in [1.165, 1.54) is 47.1 Å². The average molecular weight is 353 g/mol. The summed E-state index contributed by atoms with van der Waals surface area (Å²) >= 11 is 0. The molecule has 1 aromatic carbocycles. The number of rotatable bonds is 3. The molecule has 0 radical (unpaired) electrons. The normalized spacial score (nSPS) is 19.3. The molecule has 2 heterocycles. The molecule has 1 atom stereocenters. The van der Waals surface area contributed by atoms with Crippen LogP contribution in [-0.4, -0.2) is 58.7 Å². The number of carbonyl (C=O) groups excluding carboxylic acids is 1. The molecule has 24 heavy (non-hydrogen) atoms. The van der Waals surface area contributed by atoms with Gasteiger partial charge in [-0.1, -0.05) is 0 Å². The number of sulfone groups is 1. The van der Waals surface area contributed by atoms with Gasteiger partial charge in [-0.05, 0) is 30.7 Å². The van der Waals surface area contributed by atoms with Crippen molar-refractivity contribution in [1.29, 1.82) is 0 Å². The standard InChI is InChI=1S/C15H16FN3O4S/c1-18(12-6-7-24(22,23)9-12)15(21)14-13(20)8-19(17-14)11-4-2-10(16)3-5-11/h2-5,8,12,20H,6-7,9H2,1H3. The molecule has 1 N–H and O–H groups in total. The Morgan fingerprint density at radius 3 is 2.62 bits per heavy atom. The number of hydrogen-bond donors (Lipinski definition) is 1. The zero-order valence-electron chi connectivity index (χ0n) is 12.9. The highest BCUT2D eigenvalue weighted by atomic mass is 32.2. The van der Waals surface area contributed by atoms with Crippen LogP contribution in [0.1, 0.15) is 16.9 Å². The van der Waals surface area contributed by atoms with Gasteiger partial charge in [-0.15, -0.1) is 0 Å². The van der Waals surface area contributed by atoms with Crippen LogP contribution >= 0.6 is 0 Å². The van der Waals surface area contributed by atoms with Gasteiger partial charge in [0.1, 0.15) is 5.82 Å². The Kier molecular flexibility index (Phi) is 4.04. The van der Waals surface area contributed by atoms with Gasteiger partial charge in [-0.2, -0.15) is 5.10 Å². The van der Waals surface area contributed by atoms with E-state index >= 15 is 0 Å². The fourth-order valence-electron chi connectivity index (χ4n) is 2.66. The molecule has 1 aromatic heterocycles. The first-order chi connectivity index (χ1) is 11.3. The fourth-order valence-corrected chi connectivity index (χ4v) is 4.43. The molecule has 3 rings (SSSR count). The highest BCUT2D eigenvalue weighted by molar-refractivity contribution is 7.91. The summed E-state index contributed by atoms with van der Waals surface area (Å²) in [6.07, 6.45) is 1.61. The summed E-state index contributed by atoms with van der Waals surface area (Å²) in [5, 5.41) is 14.0. The molecule has 9 heteroatoms. The summed E-state index contributed by atoms with van der Waals surface area (Å²) in [5.41, 5.74) is 0.308. The lowest BCUT2D eigenvalue weighted by Crippen LogP contribution is -2.38. The Hall–Kier alpha value is -2.42. The molecule has 1 saturated heterocycles. The second-order valence-corrected chi connectivity index (χ2v) is 7.99. The topological polar surface area (TPSA) is 92.5 Å². The third-order valence-corrected chi connectivity index (χ3v) is 5.82. The van der Waals surface area contributed by atoms with Gasteiger partial charge in [-0.3, -0.25) is 4.79 Å². The maximum Gasteiger partial charge on any atom is 0.278 e. The lowest BCUT2D eigenvalue weighted by Gasteiger charge is -2.22. The Labute approximate surface area is 138 Å². The summed E-state index contributed by atoms with van der Waals surface area (Å²) in [5.74, 6) is -1.33. The zero-order valence-corrected chi connectivity index (χ0v) is 13.7. The van der Waals surface area contributed by atoms with E-state index in [1.807, 2.05) is 0 Å². The van der Waals surface area contributed by atoms with Gasteiger partial charge < -0.3 is 10.0 Å². The van der Waals surface area contributed by atoms with Crippen molar-refractivity contribution in [2.45, 2.75) is 12.5 Å². The predicted octanol–water partition coefficient (Wildman–Crippen LogP) is 0.976. The first-order valence-electron chi connectivity index (χ1n) is 7.29. The van der Waals surface area contributed by atoms with E-state index in [1.54, 1.807) is 0 Å². The minimum atomic E-state index is -3.13. The second-order valence-electron chi connectivity index (χ2n) is 5.76. The second kappa shape index (κ2) is 5.90. The van der Waals surface area contributed by atoms with Crippen molar-refractivity contribution in [3.05, 3.63) is 42.0 Å². The highest BCUT2D eigenvalue weighted by Gasteiger charge is 2.34. The summed E-state index contributed by atoms with van der Waals surface area (Å²) < 4.78 is 37.3. The minimum absolute atomic E-state index is 0.0469. The van der Waals surface area contributed by atoms with Crippen molar-refractivity contribution in [3.8, 4) is 11.4 Å². The average Bonchev–Trinajstić information content (AvgIpc) is 3.09. The highest BCUT2D eigenvalue weighted by Crippen LogP contribution is 2.23. The molecule has 1 fully saturated rings.